The summed E-state index contributed by atoms with van der Waals surface area (Å²) in [4.78, 5) is 52.3. The number of rotatable bonds is 7. The highest BCUT2D eigenvalue weighted by atomic mass is 32.2. The van der Waals surface area contributed by atoms with Crippen LogP contribution in [0.15, 0.2) is 72.8 Å². The van der Waals surface area contributed by atoms with Crippen molar-refractivity contribution in [2.24, 2.45) is 0 Å². The molecule has 2 aliphatic rings. The number of aryl methyl sites for hydroxylation is 1. The van der Waals surface area contributed by atoms with Gasteiger partial charge >= 0.3 is 0 Å². The van der Waals surface area contributed by atoms with Gasteiger partial charge in [-0.3, -0.25) is 29.4 Å². The first kappa shape index (κ1) is 27.4. The zero-order valence-corrected chi connectivity index (χ0v) is 22.9. The molecule has 40 heavy (non-hydrogen) atoms. The van der Waals surface area contributed by atoms with E-state index in [1.807, 2.05) is 31.2 Å². The van der Waals surface area contributed by atoms with Gasteiger partial charge in [-0.15, -0.1) is 11.8 Å². The van der Waals surface area contributed by atoms with Gasteiger partial charge in [-0.25, -0.2) is 0 Å². The molecule has 0 radical (unpaired) electrons. The molecule has 1 saturated carbocycles. The van der Waals surface area contributed by atoms with Gasteiger partial charge < -0.3 is 10.6 Å². The maximum absolute atomic E-state index is 13.6. The summed E-state index contributed by atoms with van der Waals surface area (Å²) < 4.78 is 0. The fourth-order valence-electron chi connectivity index (χ4n) is 5.32. The van der Waals surface area contributed by atoms with Crippen LogP contribution in [0.2, 0.25) is 0 Å². The van der Waals surface area contributed by atoms with Crippen molar-refractivity contribution in [1.82, 2.24) is 5.32 Å². The average molecular weight is 559 g/mol. The number of non-ortho nitro benzene ring substituents is 1. The van der Waals surface area contributed by atoms with Crippen molar-refractivity contribution in [3.63, 3.8) is 0 Å². The van der Waals surface area contributed by atoms with Gasteiger partial charge in [0.1, 0.15) is 10.9 Å². The minimum absolute atomic E-state index is 0.0219. The number of para-hydroxylation sites is 1. The van der Waals surface area contributed by atoms with Crippen LogP contribution in [-0.4, -0.2) is 33.9 Å². The molecule has 3 aromatic rings. The van der Waals surface area contributed by atoms with Gasteiger partial charge in [-0.2, -0.15) is 0 Å². The van der Waals surface area contributed by atoms with Crippen LogP contribution in [0.25, 0.3) is 0 Å². The van der Waals surface area contributed by atoms with Crippen molar-refractivity contribution in [3.05, 3.63) is 99.6 Å². The minimum atomic E-state index is -1.03. The van der Waals surface area contributed by atoms with E-state index in [4.69, 9.17) is 0 Å². The number of anilines is 2. The van der Waals surface area contributed by atoms with Crippen LogP contribution < -0.4 is 15.5 Å². The molecule has 0 aromatic heterocycles. The summed E-state index contributed by atoms with van der Waals surface area (Å²) in [5.74, 6) is -0.474. The molecule has 0 spiro atoms. The first-order chi connectivity index (χ1) is 19.3. The summed E-state index contributed by atoms with van der Waals surface area (Å²) >= 11 is 1.42. The Balaban J connectivity index is 1.38. The smallest absolute Gasteiger partial charge is 0.269 e. The Kier molecular flexibility index (Phi) is 7.88. The Hall–Kier alpha value is -4.18. The van der Waals surface area contributed by atoms with Gasteiger partial charge in [-0.05, 0) is 67.3 Å². The topological polar surface area (TPSA) is 122 Å². The SMILES string of the molecule is Cc1ccccc1NC(=O)C1(NC(=O)c2cccc(N3C(=O)CS[C@H]3c3ccc([N+](=O)[O-])cc3)c2)CCCCC1. The van der Waals surface area contributed by atoms with Crippen LogP contribution in [0.5, 0.6) is 0 Å². The number of benzene rings is 3. The molecule has 0 unspecified atom stereocenters. The molecule has 9 nitrogen and oxygen atoms in total. The number of carbonyl (C=O) groups is 3. The predicted molar refractivity (Wildman–Crippen MR) is 155 cm³/mol. The van der Waals surface area contributed by atoms with E-state index in [1.54, 1.807) is 41.3 Å². The van der Waals surface area contributed by atoms with E-state index in [1.165, 1.54) is 23.9 Å². The molecule has 3 aromatic carbocycles. The lowest BCUT2D eigenvalue weighted by Gasteiger charge is -2.37. The number of thioether (sulfide) groups is 1. The second kappa shape index (κ2) is 11.5. The number of nitrogens with zero attached hydrogens (tertiary/aromatic N) is 2. The summed E-state index contributed by atoms with van der Waals surface area (Å²) in [6.07, 6.45) is 3.75. The highest BCUT2D eigenvalue weighted by Crippen LogP contribution is 2.42. The van der Waals surface area contributed by atoms with E-state index < -0.39 is 10.5 Å². The monoisotopic (exact) mass is 558 g/mol. The molecule has 1 aliphatic heterocycles. The van der Waals surface area contributed by atoms with Crippen LogP contribution in [0.1, 0.15) is 59.0 Å². The molecule has 1 aliphatic carbocycles. The largest absolute Gasteiger partial charge is 0.338 e. The highest BCUT2D eigenvalue weighted by Gasteiger charge is 2.41. The van der Waals surface area contributed by atoms with Crippen LogP contribution in [-0.2, 0) is 9.59 Å². The molecule has 2 N–H and O–H groups in total. The van der Waals surface area contributed by atoms with E-state index in [9.17, 15) is 24.5 Å². The summed E-state index contributed by atoms with van der Waals surface area (Å²) in [7, 11) is 0. The fraction of sp³-hybridized carbons (Fsp3) is 0.300. The van der Waals surface area contributed by atoms with E-state index in [0.717, 1.165) is 36.1 Å². The summed E-state index contributed by atoms with van der Waals surface area (Å²) in [6.45, 7) is 1.93. The Labute approximate surface area is 236 Å². The molecule has 5 rings (SSSR count). The zero-order chi connectivity index (χ0) is 28.3. The number of nitrogens with one attached hydrogen (secondary N) is 2. The number of nitro groups is 1. The molecule has 1 atom stereocenters. The minimum Gasteiger partial charge on any atom is -0.338 e. The number of carbonyl (C=O) groups excluding carboxylic acids is 3. The third-order valence-corrected chi connectivity index (χ3v) is 8.74. The lowest BCUT2D eigenvalue weighted by molar-refractivity contribution is -0.384. The number of amides is 3. The van der Waals surface area contributed by atoms with Crippen LogP contribution in [0.3, 0.4) is 0 Å². The maximum Gasteiger partial charge on any atom is 0.269 e. The highest BCUT2D eigenvalue weighted by molar-refractivity contribution is 8.00. The second-order valence-electron chi connectivity index (χ2n) is 10.2. The van der Waals surface area contributed by atoms with Crippen LogP contribution in [0.4, 0.5) is 17.1 Å². The number of hydrogen-bond acceptors (Lipinski definition) is 6. The summed E-state index contributed by atoms with van der Waals surface area (Å²) in [6, 6.07) is 20.5. The van der Waals surface area contributed by atoms with Crippen molar-refractivity contribution < 1.29 is 19.3 Å². The maximum atomic E-state index is 13.6. The first-order valence-electron chi connectivity index (χ1n) is 13.3. The van der Waals surface area contributed by atoms with Crippen molar-refractivity contribution in [2.75, 3.05) is 16.0 Å². The van der Waals surface area contributed by atoms with Crippen LogP contribution >= 0.6 is 11.8 Å². The van der Waals surface area contributed by atoms with E-state index >= 15 is 0 Å². The molecular formula is C30H30N4O5S. The van der Waals surface area contributed by atoms with E-state index in [2.05, 4.69) is 10.6 Å². The van der Waals surface area contributed by atoms with Gasteiger partial charge in [0.15, 0.2) is 0 Å². The molecule has 206 valence electrons. The Morgan fingerprint density at radius 2 is 1.73 bits per heavy atom. The lowest BCUT2D eigenvalue weighted by atomic mass is 9.80. The van der Waals surface area contributed by atoms with Crippen molar-refractivity contribution in [2.45, 2.75) is 49.9 Å². The van der Waals surface area contributed by atoms with Crippen molar-refractivity contribution in [1.29, 1.82) is 0 Å². The Morgan fingerprint density at radius 1 is 1.00 bits per heavy atom. The number of nitro benzene ring substituents is 1. The predicted octanol–water partition coefficient (Wildman–Crippen LogP) is 5.75. The van der Waals surface area contributed by atoms with Gasteiger partial charge in [0.2, 0.25) is 11.8 Å². The second-order valence-corrected chi connectivity index (χ2v) is 11.3. The molecule has 10 heteroatoms. The van der Waals surface area contributed by atoms with E-state index in [0.29, 0.717) is 24.1 Å². The molecule has 2 fully saturated rings. The number of hydrogen-bond donors (Lipinski definition) is 2. The van der Waals surface area contributed by atoms with E-state index in [-0.39, 0.29) is 34.5 Å². The summed E-state index contributed by atoms with van der Waals surface area (Å²) in [5.41, 5.74) is 2.25. The van der Waals surface area contributed by atoms with Crippen molar-refractivity contribution >= 4 is 46.5 Å². The fourth-order valence-corrected chi connectivity index (χ4v) is 6.49. The third kappa shape index (κ3) is 5.58. The molecule has 1 saturated heterocycles. The standard InChI is InChI=1S/C30H30N4O5S/c1-20-8-3-4-11-25(20)31-29(37)30(16-5-2-6-17-30)32-27(36)22-9-7-10-24(18-22)33-26(35)19-40-28(33)21-12-14-23(15-13-21)34(38)39/h3-4,7-15,18,28H,2,5-6,16-17,19H2,1H3,(H,31,37)(H,32,36)/t28-/m0/s1. The van der Waals surface area contributed by atoms with Gasteiger partial charge in [0, 0.05) is 29.1 Å². The van der Waals surface area contributed by atoms with Gasteiger partial charge in [0.05, 0.1) is 10.7 Å². The lowest BCUT2D eigenvalue weighted by Crippen LogP contribution is -2.57. The quantitative estimate of drug-likeness (QED) is 0.281. The molecule has 1 heterocycles. The van der Waals surface area contributed by atoms with Gasteiger partial charge in [-0.1, -0.05) is 43.5 Å². The summed E-state index contributed by atoms with van der Waals surface area (Å²) in [5, 5.41) is 16.8. The molecular weight excluding hydrogens is 528 g/mol. The zero-order valence-electron chi connectivity index (χ0n) is 22.1. The molecule has 3 amide bonds. The molecule has 0 bridgehead atoms. The van der Waals surface area contributed by atoms with Crippen molar-refractivity contribution in [3.8, 4) is 0 Å². The normalized spacial score (nSPS) is 18.3. The first-order valence-corrected chi connectivity index (χ1v) is 14.3. The Morgan fingerprint density at radius 3 is 2.42 bits per heavy atom. The Bertz CT molecular complexity index is 1450. The third-order valence-electron chi connectivity index (χ3n) is 7.53. The van der Waals surface area contributed by atoms with Crippen LogP contribution in [0, 0.1) is 17.0 Å². The van der Waals surface area contributed by atoms with Gasteiger partial charge in [0.25, 0.3) is 11.6 Å². The average Bonchev–Trinajstić information content (AvgIpc) is 3.36.